The molecular formula is C13H18N4O. The van der Waals surface area contributed by atoms with Gasteiger partial charge in [0, 0.05) is 12.2 Å². The molecule has 5 nitrogen and oxygen atoms in total. The summed E-state index contributed by atoms with van der Waals surface area (Å²) >= 11 is 0. The third kappa shape index (κ3) is 3.07. The normalized spacial score (nSPS) is 11.1. The van der Waals surface area contributed by atoms with Crippen molar-refractivity contribution in [1.29, 1.82) is 0 Å². The molecule has 2 aromatic rings. The SMILES string of the molecule is CN(C)CCCOc1ncnc2ccc(N)cc12. The molecular weight excluding hydrogens is 228 g/mol. The first-order valence-electron chi connectivity index (χ1n) is 5.94. The molecule has 0 atom stereocenters. The van der Waals surface area contributed by atoms with E-state index in [0.29, 0.717) is 18.2 Å². The minimum absolute atomic E-state index is 0.603. The van der Waals surface area contributed by atoms with Crippen LogP contribution in [0.1, 0.15) is 6.42 Å². The third-order valence-electron chi connectivity index (χ3n) is 2.61. The van der Waals surface area contributed by atoms with Crippen LogP contribution in [0.2, 0.25) is 0 Å². The van der Waals surface area contributed by atoms with Gasteiger partial charge in [-0.2, -0.15) is 0 Å². The van der Waals surface area contributed by atoms with Gasteiger partial charge < -0.3 is 15.4 Å². The lowest BCUT2D eigenvalue weighted by atomic mass is 10.2. The minimum Gasteiger partial charge on any atom is -0.477 e. The van der Waals surface area contributed by atoms with E-state index in [1.165, 1.54) is 6.33 Å². The van der Waals surface area contributed by atoms with Crippen LogP contribution in [0.25, 0.3) is 10.9 Å². The van der Waals surface area contributed by atoms with Crippen LogP contribution in [-0.4, -0.2) is 42.1 Å². The number of nitrogen functional groups attached to an aromatic ring is 1. The number of hydrogen-bond acceptors (Lipinski definition) is 5. The number of anilines is 1. The van der Waals surface area contributed by atoms with Gasteiger partial charge in [-0.05, 0) is 38.7 Å². The van der Waals surface area contributed by atoms with Crippen molar-refractivity contribution in [1.82, 2.24) is 14.9 Å². The first kappa shape index (κ1) is 12.6. The molecule has 1 heterocycles. The Bertz CT molecular complexity index is 527. The summed E-state index contributed by atoms with van der Waals surface area (Å²) in [6.45, 7) is 1.63. The molecule has 2 rings (SSSR count). The van der Waals surface area contributed by atoms with Gasteiger partial charge in [0.1, 0.15) is 6.33 Å². The van der Waals surface area contributed by atoms with Gasteiger partial charge in [-0.25, -0.2) is 9.97 Å². The first-order valence-corrected chi connectivity index (χ1v) is 5.94. The van der Waals surface area contributed by atoms with E-state index in [9.17, 15) is 0 Å². The number of fused-ring (bicyclic) bond motifs is 1. The first-order chi connectivity index (χ1) is 8.66. The zero-order valence-electron chi connectivity index (χ0n) is 10.8. The molecule has 18 heavy (non-hydrogen) atoms. The Morgan fingerprint density at radius 1 is 1.28 bits per heavy atom. The van der Waals surface area contributed by atoms with Crippen LogP contribution >= 0.6 is 0 Å². The average Bonchev–Trinajstić information content (AvgIpc) is 2.34. The predicted molar refractivity (Wildman–Crippen MR) is 72.6 cm³/mol. The van der Waals surface area contributed by atoms with Gasteiger partial charge in [0.2, 0.25) is 5.88 Å². The molecule has 0 aliphatic heterocycles. The van der Waals surface area contributed by atoms with Crippen LogP contribution in [0.4, 0.5) is 5.69 Å². The Morgan fingerprint density at radius 2 is 2.11 bits per heavy atom. The van der Waals surface area contributed by atoms with E-state index in [4.69, 9.17) is 10.5 Å². The Labute approximate surface area is 107 Å². The fraction of sp³-hybridized carbons (Fsp3) is 0.385. The van der Waals surface area contributed by atoms with Crippen LogP contribution in [0.5, 0.6) is 5.88 Å². The number of hydrogen-bond donors (Lipinski definition) is 1. The van der Waals surface area contributed by atoms with Crippen LogP contribution in [0.15, 0.2) is 24.5 Å². The summed E-state index contributed by atoms with van der Waals surface area (Å²) in [4.78, 5) is 10.5. The molecule has 96 valence electrons. The highest BCUT2D eigenvalue weighted by atomic mass is 16.5. The maximum atomic E-state index is 5.77. The van der Waals surface area contributed by atoms with Crippen molar-refractivity contribution >= 4 is 16.6 Å². The number of benzene rings is 1. The topological polar surface area (TPSA) is 64.3 Å². The fourth-order valence-electron chi connectivity index (χ4n) is 1.72. The van der Waals surface area contributed by atoms with Crippen molar-refractivity contribution in [3.8, 4) is 5.88 Å². The van der Waals surface area contributed by atoms with E-state index in [-0.39, 0.29) is 0 Å². The van der Waals surface area contributed by atoms with E-state index < -0.39 is 0 Å². The maximum absolute atomic E-state index is 5.77. The van der Waals surface area contributed by atoms with Gasteiger partial charge in [-0.15, -0.1) is 0 Å². The van der Waals surface area contributed by atoms with E-state index in [1.807, 2.05) is 32.3 Å². The van der Waals surface area contributed by atoms with Crippen molar-refractivity contribution in [3.63, 3.8) is 0 Å². The molecule has 0 aliphatic carbocycles. The summed E-state index contributed by atoms with van der Waals surface area (Å²) in [7, 11) is 4.08. The number of aromatic nitrogens is 2. The van der Waals surface area contributed by atoms with Gasteiger partial charge in [0.25, 0.3) is 0 Å². The van der Waals surface area contributed by atoms with Crippen molar-refractivity contribution in [2.75, 3.05) is 33.0 Å². The third-order valence-corrected chi connectivity index (χ3v) is 2.61. The van der Waals surface area contributed by atoms with Gasteiger partial charge in [0.15, 0.2) is 0 Å². The lowest BCUT2D eigenvalue weighted by Crippen LogP contribution is -2.15. The second-order valence-corrected chi connectivity index (χ2v) is 4.46. The van der Waals surface area contributed by atoms with Crippen molar-refractivity contribution in [2.24, 2.45) is 0 Å². The summed E-state index contributed by atoms with van der Waals surface area (Å²) in [5, 5.41) is 0.863. The van der Waals surface area contributed by atoms with Crippen LogP contribution in [-0.2, 0) is 0 Å². The Kier molecular flexibility index (Phi) is 3.94. The smallest absolute Gasteiger partial charge is 0.224 e. The fourth-order valence-corrected chi connectivity index (χ4v) is 1.72. The monoisotopic (exact) mass is 246 g/mol. The standard InChI is InChI=1S/C13H18N4O/c1-17(2)6-3-7-18-13-11-8-10(14)4-5-12(11)15-9-16-13/h4-5,8-9H,3,6-7,14H2,1-2H3. The molecule has 0 radical (unpaired) electrons. The Hall–Kier alpha value is -1.88. The lowest BCUT2D eigenvalue weighted by Gasteiger charge is -2.11. The second-order valence-electron chi connectivity index (χ2n) is 4.46. The molecule has 0 aliphatic rings. The molecule has 1 aromatic carbocycles. The number of ether oxygens (including phenoxy) is 1. The van der Waals surface area contributed by atoms with Crippen molar-refractivity contribution < 1.29 is 4.74 Å². The van der Waals surface area contributed by atoms with E-state index in [1.54, 1.807) is 0 Å². The summed E-state index contributed by atoms with van der Waals surface area (Å²) in [6, 6.07) is 5.54. The minimum atomic E-state index is 0.603. The molecule has 0 bridgehead atoms. The van der Waals surface area contributed by atoms with Gasteiger partial charge in [-0.1, -0.05) is 0 Å². The highest BCUT2D eigenvalue weighted by molar-refractivity contribution is 5.86. The second kappa shape index (κ2) is 5.64. The maximum Gasteiger partial charge on any atom is 0.224 e. The number of nitrogens with zero attached hydrogens (tertiary/aromatic N) is 3. The quantitative estimate of drug-likeness (QED) is 0.640. The molecule has 0 spiro atoms. The molecule has 0 saturated heterocycles. The number of rotatable bonds is 5. The largest absolute Gasteiger partial charge is 0.477 e. The molecule has 5 heteroatoms. The highest BCUT2D eigenvalue weighted by Gasteiger charge is 2.05. The van der Waals surface area contributed by atoms with Crippen molar-refractivity contribution in [2.45, 2.75) is 6.42 Å². The van der Waals surface area contributed by atoms with E-state index in [2.05, 4.69) is 14.9 Å². The molecule has 0 amide bonds. The Morgan fingerprint density at radius 3 is 2.89 bits per heavy atom. The van der Waals surface area contributed by atoms with Crippen LogP contribution < -0.4 is 10.5 Å². The van der Waals surface area contributed by atoms with Gasteiger partial charge in [0.05, 0.1) is 17.5 Å². The van der Waals surface area contributed by atoms with E-state index >= 15 is 0 Å². The van der Waals surface area contributed by atoms with Crippen LogP contribution in [0.3, 0.4) is 0 Å². The summed E-state index contributed by atoms with van der Waals surface area (Å²) in [5.74, 6) is 0.603. The van der Waals surface area contributed by atoms with E-state index in [0.717, 1.165) is 23.9 Å². The predicted octanol–water partition coefficient (Wildman–Crippen LogP) is 1.54. The molecule has 0 saturated carbocycles. The average molecular weight is 246 g/mol. The van der Waals surface area contributed by atoms with Gasteiger partial charge in [-0.3, -0.25) is 0 Å². The Balaban J connectivity index is 2.10. The summed E-state index contributed by atoms with van der Waals surface area (Å²) < 4.78 is 5.69. The summed E-state index contributed by atoms with van der Waals surface area (Å²) in [6.07, 6.45) is 2.47. The number of nitrogens with two attached hydrogens (primary N) is 1. The van der Waals surface area contributed by atoms with Gasteiger partial charge >= 0.3 is 0 Å². The lowest BCUT2D eigenvalue weighted by molar-refractivity contribution is 0.276. The molecule has 0 fully saturated rings. The molecule has 2 N–H and O–H groups in total. The zero-order valence-corrected chi connectivity index (χ0v) is 10.8. The molecule has 1 aromatic heterocycles. The molecule has 0 unspecified atom stereocenters. The highest BCUT2D eigenvalue weighted by Crippen LogP contribution is 2.23. The summed E-state index contributed by atoms with van der Waals surface area (Å²) in [5.41, 5.74) is 7.31. The van der Waals surface area contributed by atoms with Crippen LogP contribution in [0, 0.1) is 0 Å². The zero-order chi connectivity index (χ0) is 13.0. The van der Waals surface area contributed by atoms with Crippen molar-refractivity contribution in [3.05, 3.63) is 24.5 Å².